The highest BCUT2D eigenvalue weighted by molar-refractivity contribution is 6.07. The van der Waals surface area contributed by atoms with Gasteiger partial charge in [-0.15, -0.1) is 0 Å². The van der Waals surface area contributed by atoms with Crippen LogP contribution < -0.4 is 0 Å². The predicted octanol–water partition coefficient (Wildman–Crippen LogP) is 2.97. The van der Waals surface area contributed by atoms with Gasteiger partial charge in [-0.05, 0) is 25.1 Å². The molecule has 2 heterocycles. The molecule has 0 spiro atoms. The smallest absolute Gasteiger partial charge is 0.231 e. The van der Waals surface area contributed by atoms with Crippen molar-refractivity contribution in [2.75, 3.05) is 0 Å². The molecule has 0 aliphatic heterocycles. The van der Waals surface area contributed by atoms with Gasteiger partial charge in [0.2, 0.25) is 5.78 Å². The summed E-state index contributed by atoms with van der Waals surface area (Å²) in [5.74, 6) is 1.69. The van der Waals surface area contributed by atoms with Gasteiger partial charge in [0, 0.05) is 6.42 Å². The largest absolute Gasteiger partial charge is 0.469 e. The number of furan rings is 2. The first-order valence-corrected chi connectivity index (χ1v) is 4.90. The Morgan fingerprint density at radius 1 is 1.33 bits per heavy atom. The zero-order chi connectivity index (χ0) is 10.8. The van der Waals surface area contributed by atoms with Crippen molar-refractivity contribution in [3.05, 3.63) is 47.3 Å². The fraction of sp³-hybridized carbons (Fsp3) is 0.250. The molecule has 15 heavy (non-hydrogen) atoms. The second-order valence-electron chi connectivity index (χ2n) is 3.34. The highest BCUT2D eigenvalue weighted by atomic mass is 16.4. The average molecular weight is 204 g/mol. The van der Waals surface area contributed by atoms with E-state index in [1.54, 1.807) is 19.1 Å². The minimum Gasteiger partial charge on any atom is -0.469 e. The number of rotatable bonds is 3. The second kappa shape index (κ2) is 3.77. The molecule has 0 N–H and O–H groups in total. The summed E-state index contributed by atoms with van der Waals surface area (Å²) in [7, 11) is 0. The van der Waals surface area contributed by atoms with Gasteiger partial charge in [-0.3, -0.25) is 4.79 Å². The Hall–Kier alpha value is -1.77. The van der Waals surface area contributed by atoms with Crippen LogP contribution in [0.3, 0.4) is 0 Å². The van der Waals surface area contributed by atoms with Crippen molar-refractivity contribution in [3.63, 3.8) is 0 Å². The van der Waals surface area contributed by atoms with Crippen molar-refractivity contribution in [2.24, 2.45) is 0 Å². The molecule has 0 aliphatic rings. The van der Waals surface area contributed by atoms with Crippen molar-refractivity contribution >= 4 is 5.78 Å². The monoisotopic (exact) mass is 204 g/mol. The third-order valence-electron chi connectivity index (χ3n) is 2.34. The Kier molecular flexibility index (Phi) is 2.46. The Bertz CT molecular complexity index is 477. The summed E-state index contributed by atoms with van der Waals surface area (Å²) in [5, 5.41) is 0. The normalized spacial score (nSPS) is 10.5. The lowest BCUT2D eigenvalue weighted by Gasteiger charge is -1.94. The molecule has 2 aromatic heterocycles. The third-order valence-corrected chi connectivity index (χ3v) is 2.34. The molecule has 0 aliphatic carbocycles. The van der Waals surface area contributed by atoms with E-state index in [0.29, 0.717) is 17.1 Å². The molecule has 0 unspecified atom stereocenters. The zero-order valence-corrected chi connectivity index (χ0v) is 8.74. The molecule has 0 saturated carbocycles. The first-order valence-electron chi connectivity index (χ1n) is 4.90. The fourth-order valence-corrected chi connectivity index (χ4v) is 1.44. The van der Waals surface area contributed by atoms with E-state index < -0.39 is 0 Å². The molecule has 3 heteroatoms. The molecule has 0 saturated heterocycles. The topological polar surface area (TPSA) is 43.4 Å². The molecular formula is C12H12O3. The minimum atomic E-state index is -0.124. The highest BCUT2D eigenvalue weighted by Gasteiger charge is 2.16. The summed E-state index contributed by atoms with van der Waals surface area (Å²) in [6.45, 7) is 3.74. The zero-order valence-electron chi connectivity index (χ0n) is 8.74. The van der Waals surface area contributed by atoms with Gasteiger partial charge in [0.05, 0.1) is 11.8 Å². The Labute approximate surface area is 87.7 Å². The molecule has 0 amide bonds. The van der Waals surface area contributed by atoms with Gasteiger partial charge < -0.3 is 8.83 Å². The van der Waals surface area contributed by atoms with Crippen LogP contribution in [-0.2, 0) is 6.42 Å². The van der Waals surface area contributed by atoms with Crippen molar-refractivity contribution < 1.29 is 13.6 Å². The quantitative estimate of drug-likeness (QED) is 0.722. The van der Waals surface area contributed by atoms with Crippen LogP contribution in [0.2, 0.25) is 0 Å². The molecule has 78 valence electrons. The minimum absolute atomic E-state index is 0.124. The molecule has 0 atom stereocenters. The van der Waals surface area contributed by atoms with E-state index in [-0.39, 0.29) is 5.78 Å². The summed E-state index contributed by atoms with van der Waals surface area (Å²) < 4.78 is 10.5. The van der Waals surface area contributed by atoms with E-state index in [0.717, 1.165) is 12.2 Å². The van der Waals surface area contributed by atoms with Gasteiger partial charge >= 0.3 is 0 Å². The van der Waals surface area contributed by atoms with Crippen LogP contribution in [0.25, 0.3) is 0 Å². The van der Waals surface area contributed by atoms with Gasteiger partial charge in [-0.1, -0.05) is 6.92 Å². The van der Waals surface area contributed by atoms with E-state index in [1.807, 2.05) is 13.0 Å². The maximum Gasteiger partial charge on any atom is 0.231 e. The average Bonchev–Trinajstić information content (AvgIpc) is 2.84. The number of ketones is 1. The van der Waals surface area contributed by atoms with E-state index in [9.17, 15) is 4.79 Å². The van der Waals surface area contributed by atoms with Gasteiger partial charge in [0.15, 0.2) is 5.76 Å². The van der Waals surface area contributed by atoms with Gasteiger partial charge in [0.25, 0.3) is 0 Å². The number of carbonyl (C=O) groups is 1. The predicted molar refractivity (Wildman–Crippen MR) is 55.0 cm³/mol. The summed E-state index contributed by atoms with van der Waals surface area (Å²) in [6, 6.07) is 5.18. The van der Waals surface area contributed by atoms with Crippen LogP contribution in [0.4, 0.5) is 0 Å². The van der Waals surface area contributed by atoms with Crippen LogP contribution in [0.5, 0.6) is 0 Å². The fourth-order valence-electron chi connectivity index (χ4n) is 1.44. The number of carbonyl (C=O) groups excluding carboxylic acids is 1. The number of aryl methyl sites for hydroxylation is 2. The SMILES string of the molecule is CCc1ccc(C(=O)c2ccoc2C)o1. The first-order chi connectivity index (χ1) is 7.22. The van der Waals surface area contributed by atoms with Gasteiger partial charge in [0.1, 0.15) is 11.5 Å². The summed E-state index contributed by atoms with van der Waals surface area (Å²) in [6.07, 6.45) is 2.30. The lowest BCUT2D eigenvalue weighted by atomic mass is 10.1. The number of hydrogen-bond donors (Lipinski definition) is 0. The van der Waals surface area contributed by atoms with Crippen LogP contribution in [0, 0.1) is 6.92 Å². The van der Waals surface area contributed by atoms with E-state index >= 15 is 0 Å². The third kappa shape index (κ3) is 1.73. The first kappa shape index (κ1) is 9.77. The van der Waals surface area contributed by atoms with Crippen molar-refractivity contribution in [3.8, 4) is 0 Å². The Balaban J connectivity index is 2.32. The highest BCUT2D eigenvalue weighted by Crippen LogP contribution is 2.17. The van der Waals surface area contributed by atoms with Crippen molar-refractivity contribution in [1.82, 2.24) is 0 Å². The maximum atomic E-state index is 11.9. The van der Waals surface area contributed by atoms with E-state index in [1.165, 1.54) is 6.26 Å². The molecule has 0 radical (unpaired) electrons. The van der Waals surface area contributed by atoms with Crippen LogP contribution in [0.1, 0.15) is 34.6 Å². The van der Waals surface area contributed by atoms with Crippen molar-refractivity contribution in [2.45, 2.75) is 20.3 Å². The van der Waals surface area contributed by atoms with Crippen LogP contribution in [0.15, 0.2) is 33.3 Å². The summed E-state index contributed by atoms with van der Waals surface area (Å²) in [5.41, 5.74) is 0.562. The molecule has 3 nitrogen and oxygen atoms in total. The van der Waals surface area contributed by atoms with Gasteiger partial charge in [-0.2, -0.15) is 0 Å². The van der Waals surface area contributed by atoms with Crippen LogP contribution in [-0.4, -0.2) is 5.78 Å². The molecular weight excluding hydrogens is 192 g/mol. The van der Waals surface area contributed by atoms with E-state index in [4.69, 9.17) is 8.83 Å². The molecule has 0 bridgehead atoms. The lowest BCUT2D eigenvalue weighted by Crippen LogP contribution is -1.99. The standard InChI is InChI=1S/C12H12O3/c1-3-9-4-5-11(15-9)12(13)10-6-7-14-8(10)2/h4-7H,3H2,1-2H3. The molecule has 2 aromatic rings. The van der Waals surface area contributed by atoms with Crippen LogP contribution >= 0.6 is 0 Å². The maximum absolute atomic E-state index is 11.9. The summed E-state index contributed by atoms with van der Waals surface area (Å²) >= 11 is 0. The lowest BCUT2D eigenvalue weighted by molar-refractivity contribution is 0.101. The summed E-state index contributed by atoms with van der Waals surface area (Å²) in [4.78, 5) is 11.9. The Morgan fingerprint density at radius 2 is 2.13 bits per heavy atom. The second-order valence-corrected chi connectivity index (χ2v) is 3.34. The molecule has 2 rings (SSSR count). The Morgan fingerprint density at radius 3 is 2.67 bits per heavy atom. The number of hydrogen-bond acceptors (Lipinski definition) is 3. The van der Waals surface area contributed by atoms with Gasteiger partial charge in [-0.25, -0.2) is 0 Å². The molecule has 0 fully saturated rings. The molecule has 0 aromatic carbocycles. The van der Waals surface area contributed by atoms with Crippen molar-refractivity contribution in [1.29, 1.82) is 0 Å². The van der Waals surface area contributed by atoms with E-state index in [2.05, 4.69) is 0 Å².